The molecule has 4 rings (SSSR count). The minimum absolute atomic E-state index is 0.415. The summed E-state index contributed by atoms with van der Waals surface area (Å²) in [5.41, 5.74) is 5.74. The molecule has 0 saturated heterocycles. The molecule has 1 N–H and O–H groups in total. The van der Waals surface area contributed by atoms with Gasteiger partial charge in [-0.1, -0.05) is 42.0 Å². The Labute approximate surface area is 188 Å². The summed E-state index contributed by atoms with van der Waals surface area (Å²) in [6, 6.07) is 21.8. The number of rotatable bonds is 9. The molecular weight excluding hydrogens is 398 g/mol. The van der Waals surface area contributed by atoms with E-state index < -0.39 is 0 Å². The van der Waals surface area contributed by atoms with E-state index in [-0.39, 0.29) is 0 Å². The van der Waals surface area contributed by atoms with Gasteiger partial charge in [0.15, 0.2) is 5.82 Å². The van der Waals surface area contributed by atoms with Gasteiger partial charge in [-0.3, -0.25) is 14.8 Å². The van der Waals surface area contributed by atoms with Crippen LogP contribution in [0.1, 0.15) is 16.8 Å². The van der Waals surface area contributed by atoms with Gasteiger partial charge in [0.05, 0.1) is 17.9 Å². The van der Waals surface area contributed by atoms with E-state index >= 15 is 0 Å². The van der Waals surface area contributed by atoms with Crippen molar-refractivity contribution < 1.29 is 4.79 Å². The van der Waals surface area contributed by atoms with Gasteiger partial charge < -0.3 is 10.2 Å². The summed E-state index contributed by atoms with van der Waals surface area (Å²) in [5, 5.41) is 3.42. The number of carbonyl (C=O) groups is 1. The number of nitrogens with zero attached hydrogens (tertiary/aromatic N) is 4. The molecule has 0 aliphatic heterocycles. The molecule has 0 saturated carbocycles. The minimum atomic E-state index is 0.415. The molecular formula is C26H25N5O. The summed E-state index contributed by atoms with van der Waals surface area (Å²) < 4.78 is 0. The molecule has 160 valence electrons. The van der Waals surface area contributed by atoms with E-state index in [1.54, 1.807) is 23.5 Å². The normalized spacial score (nSPS) is 10.5. The predicted octanol–water partition coefficient (Wildman–Crippen LogP) is 4.66. The van der Waals surface area contributed by atoms with Crippen molar-refractivity contribution in [3.63, 3.8) is 0 Å². The first-order valence-corrected chi connectivity index (χ1v) is 10.6. The van der Waals surface area contributed by atoms with Crippen molar-refractivity contribution in [1.29, 1.82) is 0 Å². The number of benzene rings is 1. The van der Waals surface area contributed by atoms with Crippen LogP contribution >= 0.6 is 0 Å². The monoisotopic (exact) mass is 423 g/mol. The molecule has 0 aliphatic carbocycles. The summed E-state index contributed by atoms with van der Waals surface area (Å²) in [5.74, 6) is 0.662. The maximum Gasteiger partial charge on any atom is 0.214 e. The fourth-order valence-electron chi connectivity index (χ4n) is 3.42. The first-order chi connectivity index (χ1) is 15.7. The van der Waals surface area contributed by atoms with Crippen LogP contribution in [0.4, 0.5) is 11.5 Å². The van der Waals surface area contributed by atoms with E-state index in [0.29, 0.717) is 18.9 Å². The molecule has 1 amide bonds. The second-order valence-corrected chi connectivity index (χ2v) is 7.52. The molecule has 6 nitrogen and oxygen atoms in total. The zero-order chi connectivity index (χ0) is 22.2. The second-order valence-electron chi connectivity index (χ2n) is 7.52. The van der Waals surface area contributed by atoms with Gasteiger partial charge in [-0.2, -0.15) is 0 Å². The SMILES string of the molecule is Cc1ccc(-c2ccc(N(C=O)Cc3cccnc3)c(NCCc3ccccn3)n2)cc1. The fourth-order valence-corrected chi connectivity index (χ4v) is 3.42. The summed E-state index contributed by atoms with van der Waals surface area (Å²) >= 11 is 0. The van der Waals surface area contributed by atoms with Gasteiger partial charge in [0.2, 0.25) is 6.41 Å². The van der Waals surface area contributed by atoms with Crippen LogP contribution in [0.3, 0.4) is 0 Å². The lowest BCUT2D eigenvalue weighted by Crippen LogP contribution is -2.23. The van der Waals surface area contributed by atoms with Gasteiger partial charge in [-0.15, -0.1) is 0 Å². The average molecular weight is 424 g/mol. The Hall–Kier alpha value is -4.06. The summed E-state index contributed by atoms with van der Waals surface area (Å²) in [7, 11) is 0. The lowest BCUT2D eigenvalue weighted by atomic mass is 10.1. The van der Waals surface area contributed by atoms with Gasteiger partial charge >= 0.3 is 0 Å². The number of hydrogen-bond donors (Lipinski definition) is 1. The van der Waals surface area contributed by atoms with Gasteiger partial charge in [0.25, 0.3) is 0 Å². The zero-order valence-corrected chi connectivity index (χ0v) is 18.0. The first kappa shape index (κ1) is 21.2. The molecule has 32 heavy (non-hydrogen) atoms. The smallest absolute Gasteiger partial charge is 0.214 e. The van der Waals surface area contributed by atoms with Crippen molar-refractivity contribution in [2.45, 2.75) is 19.9 Å². The second kappa shape index (κ2) is 10.3. The van der Waals surface area contributed by atoms with Crippen LogP contribution in [0.5, 0.6) is 0 Å². The lowest BCUT2D eigenvalue weighted by Gasteiger charge is -2.21. The number of anilines is 2. The van der Waals surface area contributed by atoms with Crippen molar-refractivity contribution in [3.8, 4) is 11.3 Å². The van der Waals surface area contributed by atoms with Crippen molar-refractivity contribution in [2.24, 2.45) is 0 Å². The van der Waals surface area contributed by atoms with Crippen LogP contribution in [-0.2, 0) is 17.8 Å². The largest absolute Gasteiger partial charge is 0.368 e. The molecule has 0 aliphatic rings. The third-order valence-electron chi connectivity index (χ3n) is 5.13. The quantitative estimate of drug-likeness (QED) is 0.396. The molecule has 0 bridgehead atoms. The van der Waals surface area contributed by atoms with Crippen LogP contribution in [-0.4, -0.2) is 27.9 Å². The predicted molar refractivity (Wildman–Crippen MR) is 127 cm³/mol. The van der Waals surface area contributed by atoms with Gasteiger partial charge in [0.1, 0.15) is 0 Å². The van der Waals surface area contributed by atoms with Gasteiger partial charge in [-0.05, 0) is 42.8 Å². The van der Waals surface area contributed by atoms with Crippen molar-refractivity contribution in [3.05, 3.63) is 102 Å². The lowest BCUT2D eigenvalue weighted by molar-refractivity contribution is -0.107. The maximum absolute atomic E-state index is 12.0. The molecule has 4 aromatic rings. The Morgan fingerprint density at radius 3 is 2.56 bits per heavy atom. The van der Waals surface area contributed by atoms with Crippen LogP contribution < -0.4 is 10.2 Å². The van der Waals surface area contributed by atoms with E-state index in [2.05, 4.69) is 46.5 Å². The van der Waals surface area contributed by atoms with Crippen LogP contribution in [0.15, 0.2) is 85.3 Å². The van der Waals surface area contributed by atoms with Crippen molar-refractivity contribution >= 4 is 17.9 Å². The molecule has 0 radical (unpaired) electrons. The molecule has 6 heteroatoms. The maximum atomic E-state index is 12.0. The Kier molecular flexibility index (Phi) is 6.82. The molecule has 3 heterocycles. The first-order valence-electron chi connectivity index (χ1n) is 10.6. The number of nitrogens with one attached hydrogen (secondary N) is 1. The highest BCUT2D eigenvalue weighted by molar-refractivity contribution is 5.83. The average Bonchev–Trinajstić information content (AvgIpc) is 2.84. The zero-order valence-electron chi connectivity index (χ0n) is 18.0. The Morgan fingerprint density at radius 1 is 0.969 bits per heavy atom. The number of amides is 1. The van der Waals surface area contributed by atoms with Gasteiger partial charge in [-0.25, -0.2) is 4.98 Å². The van der Waals surface area contributed by atoms with Crippen molar-refractivity contribution in [1.82, 2.24) is 15.0 Å². The highest BCUT2D eigenvalue weighted by atomic mass is 16.1. The molecule has 0 fully saturated rings. The Bertz CT molecular complexity index is 1150. The third kappa shape index (κ3) is 5.35. The van der Waals surface area contributed by atoms with E-state index in [4.69, 9.17) is 4.98 Å². The highest BCUT2D eigenvalue weighted by Crippen LogP contribution is 2.29. The molecule has 0 atom stereocenters. The topological polar surface area (TPSA) is 71.0 Å². The fraction of sp³-hybridized carbons (Fsp3) is 0.154. The number of carbonyl (C=O) groups excluding carboxylic acids is 1. The van der Waals surface area contributed by atoms with Gasteiger partial charge in [0, 0.05) is 42.8 Å². The van der Waals surface area contributed by atoms with Crippen LogP contribution in [0.25, 0.3) is 11.3 Å². The number of hydrogen-bond acceptors (Lipinski definition) is 5. The van der Waals surface area contributed by atoms with E-state index in [0.717, 1.165) is 41.0 Å². The number of aromatic nitrogens is 3. The van der Waals surface area contributed by atoms with Crippen LogP contribution in [0.2, 0.25) is 0 Å². The summed E-state index contributed by atoms with van der Waals surface area (Å²) in [6.45, 7) is 3.12. The minimum Gasteiger partial charge on any atom is -0.368 e. The molecule has 1 aromatic carbocycles. The van der Waals surface area contributed by atoms with E-state index in [1.807, 2.05) is 42.5 Å². The molecule has 0 spiro atoms. The number of pyridine rings is 3. The molecule has 3 aromatic heterocycles. The van der Waals surface area contributed by atoms with E-state index in [9.17, 15) is 4.79 Å². The highest BCUT2D eigenvalue weighted by Gasteiger charge is 2.15. The third-order valence-corrected chi connectivity index (χ3v) is 5.13. The number of aryl methyl sites for hydroxylation is 1. The Morgan fingerprint density at radius 2 is 1.84 bits per heavy atom. The Balaban J connectivity index is 1.62. The van der Waals surface area contributed by atoms with Crippen molar-refractivity contribution in [2.75, 3.05) is 16.8 Å². The standard InChI is InChI=1S/C26H25N5O/c1-20-7-9-22(10-8-20)24-11-12-25(31(19-32)18-21-5-4-14-27-17-21)26(30-24)29-16-13-23-6-2-3-15-28-23/h2-12,14-15,17,19H,13,16,18H2,1H3,(H,29,30). The molecule has 0 unspecified atom stereocenters. The van der Waals surface area contributed by atoms with Crippen LogP contribution in [0, 0.1) is 6.92 Å². The summed E-state index contributed by atoms with van der Waals surface area (Å²) in [6.07, 6.45) is 6.86. The summed E-state index contributed by atoms with van der Waals surface area (Å²) in [4.78, 5) is 27.0. The van der Waals surface area contributed by atoms with E-state index in [1.165, 1.54) is 5.56 Å².